The number of aryl methyl sites for hydroxylation is 1. The molecular formula is C25H38N2O2. The number of carbonyl (C=O) groups excluding carboxylic acids is 1. The first kappa shape index (κ1) is 19.8. The molecule has 2 unspecified atom stereocenters. The summed E-state index contributed by atoms with van der Waals surface area (Å²) in [5.74, 6) is 4.53. The summed E-state index contributed by atoms with van der Waals surface area (Å²) in [7, 11) is 0. The molecule has 4 fully saturated rings. The monoisotopic (exact) mass is 398 g/mol. The first-order chi connectivity index (χ1) is 13.8. The van der Waals surface area contributed by atoms with Gasteiger partial charge < -0.3 is 5.11 Å². The maximum Gasteiger partial charge on any atom is 0.157 e. The highest BCUT2D eigenvalue weighted by Crippen LogP contribution is 2.64. The molecule has 0 aromatic carbocycles. The van der Waals surface area contributed by atoms with Gasteiger partial charge in [-0.15, -0.1) is 0 Å². The molecule has 1 heterocycles. The second-order valence-electron chi connectivity index (χ2n) is 11.5. The van der Waals surface area contributed by atoms with Crippen LogP contribution in [0, 0.1) is 47.8 Å². The number of hydrogen-bond donors (Lipinski definition) is 1. The average molecular weight is 399 g/mol. The van der Waals surface area contributed by atoms with E-state index in [1.165, 1.54) is 38.5 Å². The van der Waals surface area contributed by atoms with Crippen molar-refractivity contribution in [3.05, 3.63) is 18.0 Å². The van der Waals surface area contributed by atoms with Crippen molar-refractivity contribution in [3.8, 4) is 0 Å². The molecule has 1 aromatic heterocycles. The van der Waals surface area contributed by atoms with Crippen LogP contribution in [0.5, 0.6) is 0 Å². The summed E-state index contributed by atoms with van der Waals surface area (Å²) in [6.45, 7) is 6.95. The average Bonchev–Trinajstić information content (AvgIpc) is 3.22. The van der Waals surface area contributed by atoms with Crippen molar-refractivity contribution in [2.24, 2.45) is 40.9 Å². The van der Waals surface area contributed by atoms with Crippen molar-refractivity contribution in [1.29, 1.82) is 0 Å². The first-order valence-electron chi connectivity index (χ1n) is 12.0. The zero-order valence-corrected chi connectivity index (χ0v) is 18.4. The Morgan fingerprint density at radius 2 is 1.90 bits per heavy atom. The normalized spacial score (nSPS) is 46.6. The topological polar surface area (TPSA) is 55.1 Å². The molecule has 5 rings (SSSR count). The van der Waals surface area contributed by atoms with Crippen molar-refractivity contribution in [2.45, 2.75) is 90.7 Å². The van der Waals surface area contributed by atoms with Crippen LogP contribution in [-0.4, -0.2) is 26.3 Å². The third kappa shape index (κ3) is 3.30. The van der Waals surface area contributed by atoms with E-state index in [2.05, 4.69) is 12.0 Å². The van der Waals surface area contributed by atoms with Gasteiger partial charge in [0, 0.05) is 12.1 Å². The van der Waals surface area contributed by atoms with Crippen LogP contribution in [0.1, 0.15) is 77.2 Å². The number of carbonyl (C=O) groups is 1. The van der Waals surface area contributed by atoms with Gasteiger partial charge in [-0.3, -0.25) is 9.48 Å². The maximum atomic E-state index is 13.3. The molecule has 4 aliphatic rings. The number of hydrogen-bond acceptors (Lipinski definition) is 3. The summed E-state index contributed by atoms with van der Waals surface area (Å²) < 4.78 is 1.83. The molecule has 1 aromatic rings. The minimum atomic E-state index is -0.438. The van der Waals surface area contributed by atoms with Crippen LogP contribution >= 0.6 is 0 Å². The van der Waals surface area contributed by atoms with Crippen LogP contribution in [0.2, 0.25) is 0 Å². The zero-order valence-electron chi connectivity index (χ0n) is 18.4. The fourth-order valence-corrected chi connectivity index (χ4v) is 8.43. The lowest BCUT2D eigenvalue weighted by Gasteiger charge is -2.56. The third-order valence-electron chi connectivity index (χ3n) is 9.71. The number of aromatic nitrogens is 2. The van der Waals surface area contributed by atoms with Gasteiger partial charge in [-0.1, -0.05) is 6.92 Å². The minimum absolute atomic E-state index is 0.188. The number of fused-ring (bicyclic) bond motifs is 5. The molecule has 0 amide bonds. The highest BCUT2D eigenvalue weighted by atomic mass is 16.3. The molecule has 0 spiro atoms. The van der Waals surface area contributed by atoms with E-state index < -0.39 is 5.60 Å². The summed E-state index contributed by atoms with van der Waals surface area (Å²) in [5, 5.41) is 14.9. The van der Waals surface area contributed by atoms with Gasteiger partial charge in [-0.05, 0) is 112 Å². The molecule has 0 aliphatic heterocycles. The summed E-state index contributed by atoms with van der Waals surface area (Å²) in [6, 6.07) is 0. The van der Waals surface area contributed by atoms with Crippen LogP contribution in [0.25, 0.3) is 0 Å². The Hall–Kier alpha value is -1.16. The molecular weight excluding hydrogens is 360 g/mol. The van der Waals surface area contributed by atoms with Crippen molar-refractivity contribution in [3.63, 3.8) is 0 Å². The summed E-state index contributed by atoms with van der Waals surface area (Å²) in [6.07, 6.45) is 14.5. The third-order valence-corrected chi connectivity index (χ3v) is 9.71. The van der Waals surface area contributed by atoms with E-state index in [4.69, 9.17) is 0 Å². The largest absolute Gasteiger partial charge is 0.390 e. The lowest BCUT2D eigenvalue weighted by Crippen LogP contribution is -2.51. The molecule has 1 N–H and O–H groups in total. The predicted octanol–water partition coefficient (Wildman–Crippen LogP) is 4.78. The van der Waals surface area contributed by atoms with Crippen LogP contribution in [0.4, 0.5) is 0 Å². The number of rotatable bonds is 3. The van der Waals surface area contributed by atoms with E-state index in [0.717, 1.165) is 54.4 Å². The highest BCUT2D eigenvalue weighted by molar-refractivity contribution is 5.82. The summed E-state index contributed by atoms with van der Waals surface area (Å²) in [5.41, 5.74) is 0.873. The Morgan fingerprint density at radius 1 is 1.10 bits per heavy atom. The fraction of sp³-hybridized carbons (Fsp3) is 0.840. The number of aliphatic hydroxyl groups is 1. The molecule has 0 radical (unpaired) electrons. The predicted molar refractivity (Wildman–Crippen MR) is 113 cm³/mol. The van der Waals surface area contributed by atoms with Gasteiger partial charge in [0.15, 0.2) is 5.78 Å². The summed E-state index contributed by atoms with van der Waals surface area (Å²) >= 11 is 0. The Morgan fingerprint density at radius 3 is 2.66 bits per heavy atom. The second kappa shape index (κ2) is 6.93. The Bertz CT molecular complexity index is 784. The highest BCUT2D eigenvalue weighted by Gasteiger charge is 2.58. The van der Waals surface area contributed by atoms with E-state index in [1.54, 1.807) is 0 Å². The van der Waals surface area contributed by atoms with Gasteiger partial charge >= 0.3 is 0 Å². The van der Waals surface area contributed by atoms with Crippen molar-refractivity contribution in [2.75, 3.05) is 0 Å². The SMILES string of the molecule is Cc1cnn(CC(=O)[C@H]2CC[C@H]3[C@@H]4CCC5C[C@](C)(O)CCC5[C@H]4CC[C@]23C)c1. The van der Waals surface area contributed by atoms with Gasteiger partial charge in [0.2, 0.25) is 0 Å². The molecule has 29 heavy (non-hydrogen) atoms. The smallest absolute Gasteiger partial charge is 0.157 e. The summed E-state index contributed by atoms with van der Waals surface area (Å²) in [4.78, 5) is 13.3. The van der Waals surface area contributed by atoms with Gasteiger partial charge in [-0.2, -0.15) is 5.10 Å². The van der Waals surface area contributed by atoms with Crippen molar-refractivity contribution < 1.29 is 9.90 Å². The number of ketones is 1. The van der Waals surface area contributed by atoms with Crippen molar-refractivity contribution >= 4 is 5.78 Å². The van der Waals surface area contributed by atoms with E-state index in [0.29, 0.717) is 12.3 Å². The lowest BCUT2D eigenvalue weighted by atomic mass is 9.49. The minimum Gasteiger partial charge on any atom is -0.390 e. The molecule has 4 heteroatoms. The van der Waals surface area contributed by atoms with Gasteiger partial charge in [-0.25, -0.2) is 0 Å². The second-order valence-corrected chi connectivity index (χ2v) is 11.5. The van der Waals surface area contributed by atoms with E-state index in [9.17, 15) is 9.90 Å². The quantitative estimate of drug-likeness (QED) is 0.797. The van der Waals surface area contributed by atoms with E-state index in [1.807, 2.05) is 30.9 Å². The molecule has 4 aliphatic carbocycles. The molecule has 8 atom stereocenters. The molecule has 0 bridgehead atoms. The lowest BCUT2D eigenvalue weighted by molar-refractivity contribution is -0.133. The molecule has 0 saturated heterocycles. The number of nitrogens with zero attached hydrogens (tertiary/aromatic N) is 2. The van der Waals surface area contributed by atoms with Crippen LogP contribution in [0.3, 0.4) is 0 Å². The van der Waals surface area contributed by atoms with Gasteiger partial charge in [0.25, 0.3) is 0 Å². The van der Waals surface area contributed by atoms with Crippen LogP contribution in [0.15, 0.2) is 12.4 Å². The molecule has 4 saturated carbocycles. The molecule has 160 valence electrons. The van der Waals surface area contributed by atoms with E-state index >= 15 is 0 Å². The zero-order chi connectivity index (χ0) is 20.4. The Labute approximate surface area is 175 Å². The first-order valence-corrected chi connectivity index (χ1v) is 12.0. The standard InChI is InChI=1S/C25H38N2O2/c1-16-13-26-27(14-16)15-23(28)22-7-6-21-20-5-4-17-12-24(2,29)10-8-18(17)19(20)9-11-25(21,22)3/h13-14,17-22,29H,4-12,15H2,1-3H3/t17?,18?,19-,20-,21+,22-,24-,25+/m1/s1. The molecule has 4 nitrogen and oxygen atoms in total. The Kier molecular flexibility index (Phi) is 4.73. The Balaban J connectivity index is 1.31. The fourth-order valence-electron chi connectivity index (χ4n) is 8.43. The van der Waals surface area contributed by atoms with Crippen LogP contribution < -0.4 is 0 Å². The van der Waals surface area contributed by atoms with Gasteiger partial charge in [0.1, 0.15) is 0 Å². The van der Waals surface area contributed by atoms with Crippen LogP contribution in [-0.2, 0) is 11.3 Å². The number of Topliss-reactive ketones (excluding diaryl/α,β-unsaturated/α-hetero) is 1. The van der Waals surface area contributed by atoms with E-state index in [-0.39, 0.29) is 11.3 Å². The maximum absolute atomic E-state index is 13.3. The van der Waals surface area contributed by atoms with Crippen molar-refractivity contribution in [1.82, 2.24) is 9.78 Å². The van der Waals surface area contributed by atoms with Gasteiger partial charge in [0.05, 0.1) is 18.3 Å².